The van der Waals surface area contributed by atoms with E-state index in [0.717, 1.165) is 13.2 Å². The monoisotopic (exact) mass is 73.0 g/mol. The lowest BCUT2D eigenvalue weighted by atomic mass is 10.8. The van der Waals surface area contributed by atoms with E-state index in [1.165, 1.54) is 6.40 Å². The first-order valence-corrected chi connectivity index (χ1v) is 1.60. The van der Waals surface area contributed by atoms with Crippen molar-refractivity contribution in [3.63, 3.8) is 0 Å². The van der Waals surface area contributed by atoms with E-state index in [2.05, 4.69) is 9.73 Å². The van der Waals surface area contributed by atoms with Crippen LogP contribution < -0.4 is 0 Å². The molecule has 0 saturated carbocycles. The van der Waals surface area contributed by atoms with Crippen LogP contribution in [0.1, 0.15) is 0 Å². The predicted molar refractivity (Wildman–Crippen MR) is 19.3 cm³/mol. The van der Waals surface area contributed by atoms with Crippen molar-refractivity contribution < 1.29 is 4.74 Å². The lowest BCUT2D eigenvalue weighted by molar-refractivity contribution is 0.361. The minimum absolute atomic E-state index is 0.778. The first kappa shape index (κ1) is 2.69. The summed E-state index contributed by atoms with van der Waals surface area (Å²) in [4.78, 5) is 3.74. The van der Waals surface area contributed by atoms with Crippen LogP contribution in [-0.2, 0) is 4.74 Å². The summed E-state index contributed by atoms with van der Waals surface area (Å²) >= 11 is 0. The van der Waals surface area contributed by atoms with Crippen LogP contribution in [0.2, 0.25) is 0 Å². The van der Waals surface area contributed by atoms with Crippen LogP contribution in [0, 0.1) is 0 Å². The highest BCUT2D eigenvalue weighted by atomic mass is 16.6. The minimum atomic E-state index is 0.778. The summed E-state index contributed by atoms with van der Waals surface area (Å²) in [6, 6.07) is 0. The van der Waals surface area contributed by atoms with Crippen LogP contribution >= 0.6 is 0 Å². The molecule has 0 aromatic rings. The molecule has 1 heterocycles. The van der Waals surface area contributed by atoms with E-state index in [-0.39, 0.29) is 0 Å². The standard InChI is InChI=1S/C3H5NO/c1-2-5-3-4-1/h3H,1-2H2/i3+2. The third-order valence-electron chi connectivity index (χ3n) is 0.487. The summed E-state index contributed by atoms with van der Waals surface area (Å²) in [7, 11) is 0. The highest BCUT2D eigenvalue weighted by Gasteiger charge is 1.84. The van der Waals surface area contributed by atoms with Crippen molar-refractivity contribution in [3.8, 4) is 0 Å². The molecular formula is C3H5NO. The molecule has 0 spiro atoms. The second-order valence-electron chi connectivity index (χ2n) is 0.882. The van der Waals surface area contributed by atoms with Crippen molar-refractivity contribution in [2.75, 3.05) is 13.2 Å². The molecule has 0 fully saturated rings. The summed E-state index contributed by atoms with van der Waals surface area (Å²) in [5, 5.41) is 0. The molecule has 0 bridgehead atoms. The Morgan fingerprint density at radius 3 is 3.00 bits per heavy atom. The van der Waals surface area contributed by atoms with Crippen LogP contribution in [0.15, 0.2) is 4.99 Å². The molecule has 5 heavy (non-hydrogen) atoms. The summed E-state index contributed by atoms with van der Waals surface area (Å²) in [6.07, 6.45) is 1.49. The van der Waals surface area contributed by atoms with E-state index in [0.29, 0.717) is 0 Å². The average Bonchev–Trinajstić information content (AvgIpc) is 1.76. The van der Waals surface area contributed by atoms with Gasteiger partial charge in [-0.2, -0.15) is 0 Å². The number of ether oxygens (including phenoxy) is 1. The average molecular weight is 73.1 g/mol. The number of rotatable bonds is 0. The first-order valence-electron chi connectivity index (χ1n) is 1.60. The highest BCUT2D eigenvalue weighted by Crippen LogP contribution is 1.78. The molecule has 2 nitrogen and oxygen atoms in total. The normalized spacial score (nSPS) is 19.2. The fourth-order valence-corrected chi connectivity index (χ4v) is 0.264. The van der Waals surface area contributed by atoms with Gasteiger partial charge in [-0.3, -0.25) is 4.99 Å². The largest absolute Gasteiger partial charge is 0.482 e. The Bertz CT molecular complexity index is 44.9. The molecular weight excluding hydrogens is 68.0 g/mol. The number of hydrogen-bond donors (Lipinski definition) is 0. The summed E-state index contributed by atoms with van der Waals surface area (Å²) < 4.78 is 4.65. The zero-order chi connectivity index (χ0) is 3.54. The molecule has 0 aromatic heterocycles. The van der Waals surface area contributed by atoms with Crippen molar-refractivity contribution in [1.29, 1.82) is 0 Å². The summed E-state index contributed by atoms with van der Waals surface area (Å²) in [5.41, 5.74) is 0. The maximum absolute atomic E-state index is 4.65. The van der Waals surface area contributed by atoms with Gasteiger partial charge in [0.15, 0.2) is 6.40 Å². The zero-order valence-electron chi connectivity index (χ0n) is 2.85. The fraction of sp³-hybridized carbons (Fsp3) is 0.667. The Hall–Kier alpha value is -0.530. The Kier molecular flexibility index (Phi) is 0.571. The molecule has 1 rings (SSSR count). The van der Waals surface area contributed by atoms with E-state index in [1.807, 2.05) is 0 Å². The van der Waals surface area contributed by atoms with Gasteiger partial charge in [0.2, 0.25) is 0 Å². The molecule has 28 valence electrons. The number of aliphatic imine (C=N–C) groups is 1. The van der Waals surface area contributed by atoms with Gasteiger partial charge in [0, 0.05) is 0 Å². The van der Waals surface area contributed by atoms with Gasteiger partial charge in [-0.1, -0.05) is 0 Å². The van der Waals surface area contributed by atoms with E-state index in [4.69, 9.17) is 0 Å². The number of hydrogen-bond acceptors (Lipinski definition) is 2. The molecule has 0 saturated heterocycles. The van der Waals surface area contributed by atoms with Crippen LogP contribution in [0.25, 0.3) is 0 Å². The van der Waals surface area contributed by atoms with E-state index >= 15 is 0 Å². The summed E-state index contributed by atoms with van der Waals surface area (Å²) in [5.74, 6) is 0. The maximum atomic E-state index is 4.65. The molecule has 1 aliphatic heterocycles. The fourth-order valence-electron chi connectivity index (χ4n) is 0.264. The van der Waals surface area contributed by atoms with Crippen molar-refractivity contribution in [3.05, 3.63) is 0 Å². The number of nitrogens with zero attached hydrogens (tertiary/aromatic N) is 1. The molecule has 0 N–H and O–H groups in total. The van der Waals surface area contributed by atoms with Crippen LogP contribution in [0.3, 0.4) is 0 Å². The van der Waals surface area contributed by atoms with Crippen molar-refractivity contribution in [2.24, 2.45) is 4.99 Å². The summed E-state index contributed by atoms with van der Waals surface area (Å²) in [6.45, 7) is 1.62. The van der Waals surface area contributed by atoms with Gasteiger partial charge < -0.3 is 4.74 Å². The highest BCUT2D eigenvalue weighted by molar-refractivity contribution is 5.47. The zero-order valence-corrected chi connectivity index (χ0v) is 2.85. The first-order chi connectivity index (χ1) is 2.50. The van der Waals surface area contributed by atoms with Crippen LogP contribution in [0.5, 0.6) is 0 Å². The van der Waals surface area contributed by atoms with Crippen LogP contribution in [-0.4, -0.2) is 19.6 Å². The lowest BCUT2D eigenvalue weighted by Crippen LogP contribution is -1.80. The van der Waals surface area contributed by atoms with Gasteiger partial charge in [-0.15, -0.1) is 0 Å². The topological polar surface area (TPSA) is 21.6 Å². The second-order valence-corrected chi connectivity index (χ2v) is 0.882. The Morgan fingerprint density at radius 1 is 1.80 bits per heavy atom. The van der Waals surface area contributed by atoms with Gasteiger partial charge in [0.1, 0.15) is 6.61 Å². The molecule has 0 radical (unpaired) electrons. The SMILES string of the molecule is C1CO[14CH]=N1. The Balaban J connectivity index is 2.32. The second kappa shape index (κ2) is 1.06. The van der Waals surface area contributed by atoms with Gasteiger partial charge >= 0.3 is 0 Å². The molecule has 0 unspecified atom stereocenters. The minimum Gasteiger partial charge on any atom is -0.482 e. The van der Waals surface area contributed by atoms with Crippen molar-refractivity contribution >= 4 is 6.40 Å². The maximum Gasteiger partial charge on any atom is 0.169 e. The van der Waals surface area contributed by atoms with Gasteiger partial charge in [-0.05, 0) is 0 Å². The molecule has 1 aliphatic rings. The Morgan fingerprint density at radius 2 is 2.80 bits per heavy atom. The third-order valence-corrected chi connectivity index (χ3v) is 0.487. The third kappa shape index (κ3) is 0.375. The van der Waals surface area contributed by atoms with E-state index < -0.39 is 0 Å². The van der Waals surface area contributed by atoms with Crippen LogP contribution in [0.4, 0.5) is 0 Å². The molecule has 0 atom stereocenters. The molecule has 0 amide bonds. The predicted octanol–water partition coefficient (Wildman–Crippen LogP) is 0.0449. The van der Waals surface area contributed by atoms with Gasteiger partial charge in [0.25, 0.3) is 0 Å². The molecule has 2 heteroatoms. The quantitative estimate of drug-likeness (QED) is 0.397. The lowest BCUT2D eigenvalue weighted by Gasteiger charge is -1.76. The van der Waals surface area contributed by atoms with E-state index in [1.54, 1.807) is 0 Å². The van der Waals surface area contributed by atoms with Crippen molar-refractivity contribution in [2.45, 2.75) is 0 Å². The Labute approximate surface area is 30.5 Å². The van der Waals surface area contributed by atoms with Crippen molar-refractivity contribution in [1.82, 2.24) is 0 Å². The smallest absolute Gasteiger partial charge is 0.169 e. The molecule has 0 aliphatic carbocycles. The molecule has 0 aromatic carbocycles. The van der Waals surface area contributed by atoms with Gasteiger partial charge in [-0.25, -0.2) is 0 Å². The van der Waals surface area contributed by atoms with Gasteiger partial charge in [0.05, 0.1) is 6.54 Å². The van der Waals surface area contributed by atoms with E-state index in [9.17, 15) is 0 Å².